The van der Waals surface area contributed by atoms with Gasteiger partial charge in [-0.3, -0.25) is 0 Å². The highest BCUT2D eigenvalue weighted by molar-refractivity contribution is 7.09. The Morgan fingerprint density at radius 1 is 1.89 bits per heavy atom. The summed E-state index contributed by atoms with van der Waals surface area (Å²) in [6, 6.07) is -0.0509. The van der Waals surface area contributed by atoms with Gasteiger partial charge in [-0.05, 0) is 6.92 Å². The van der Waals surface area contributed by atoms with Gasteiger partial charge in [0.25, 0.3) is 0 Å². The molecular weight excluding hydrogens is 136 g/mol. The SMILES string of the molecule is CC(NO)c1nccs1. The molecule has 0 aliphatic rings. The maximum absolute atomic E-state index is 8.42. The Bertz CT molecular complexity index is 163. The zero-order valence-electron chi connectivity index (χ0n) is 5.03. The largest absolute Gasteiger partial charge is 0.316 e. The minimum Gasteiger partial charge on any atom is -0.316 e. The van der Waals surface area contributed by atoms with Crippen LogP contribution < -0.4 is 5.48 Å². The van der Waals surface area contributed by atoms with E-state index in [9.17, 15) is 0 Å². The van der Waals surface area contributed by atoms with Gasteiger partial charge in [0.2, 0.25) is 0 Å². The molecule has 0 saturated carbocycles. The summed E-state index contributed by atoms with van der Waals surface area (Å²) in [4.78, 5) is 3.98. The summed E-state index contributed by atoms with van der Waals surface area (Å²) in [6.07, 6.45) is 1.72. The van der Waals surface area contributed by atoms with E-state index in [0.717, 1.165) is 5.01 Å². The van der Waals surface area contributed by atoms with E-state index >= 15 is 0 Å². The minimum atomic E-state index is -0.0509. The van der Waals surface area contributed by atoms with Crippen LogP contribution in [0.1, 0.15) is 18.0 Å². The average molecular weight is 144 g/mol. The Labute approximate surface area is 57.3 Å². The first-order valence-corrected chi connectivity index (χ1v) is 3.51. The van der Waals surface area contributed by atoms with Crippen LogP contribution in [-0.2, 0) is 0 Å². The van der Waals surface area contributed by atoms with Crippen molar-refractivity contribution in [2.45, 2.75) is 13.0 Å². The van der Waals surface area contributed by atoms with Crippen LogP contribution >= 0.6 is 11.3 Å². The number of thiazole rings is 1. The second-order valence-electron chi connectivity index (χ2n) is 1.72. The van der Waals surface area contributed by atoms with E-state index in [1.165, 1.54) is 11.3 Å². The highest BCUT2D eigenvalue weighted by atomic mass is 32.1. The predicted molar refractivity (Wildman–Crippen MR) is 35.5 cm³/mol. The molecule has 1 atom stereocenters. The van der Waals surface area contributed by atoms with E-state index in [2.05, 4.69) is 10.5 Å². The molecule has 0 saturated heterocycles. The van der Waals surface area contributed by atoms with E-state index in [0.29, 0.717) is 0 Å². The molecule has 0 bridgehead atoms. The molecule has 0 amide bonds. The summed E-state index contributed by atoms with van der Waals surface area (Å²) in [5, 5.41) is 11.2. The number of hydrogen-bond acceptors (Lipinski definition) is 4. The van der Waals surface area contributed by atoms with Crippen LogP contribution in [0.15, 0.2) is 11.6 Å². The molecule has 2 N–H and O–H groups in total. The Kier molecular flexibility index (Phi) is 2.16. The van der Waals surface area contributed by atoms with Crippen molar-refractivity contribution in [3.8, 4) is 0 Å². The van der Waals surface area contributed by atoms with E-state index < -0.39 is 0 Å². The molecule has 50 valence electrons. The van der Waals surface area contributed by atoms with Crippen molar-refractivity contribution in [2.24, 2.45) is 0 Å². The quantitative estimate of drug-likeness (QED) is 0.613. The van der Waals surface area contributed by atoms with E-state index in [4.69, 9.17) is 5.21 Å². The summed E-state index contributed by atoms with van der Waals surface area (Å²) in [7, 11) is 0. The number of nitrogens with one attached hydrogen (secondary N) is 1. The Morgan fingerprint density at radius 2 is 2.67 bits per heavy atom. The fourth-order valence-electron chi connectivity index (χ4n) is 0.504. The van der Waals surface area contributed by atoms with Crippen LogP contribution in [0.5, 0.6) is 0 Å². The van der Waals surface area contributed by atoms with Crippen molar-refractivity contribution in [1.82, 2.24) is 10.5 Å². The maximum atomic E-state index is 8.42. The second-order valence-corrected chi connectivity index (χ2v) is 2.65. The molecule has 0 aromatic carbocycles. The third-order valence-corrected chi connectivity index (χ3v) is 1.97. The summed E-state index contributed by atoms with van der Waals surface area (Å²) in [6.45, 7) is 1.85. The van der Waals surface area contributed by atoms with Gasteiger partial charge in [0, 0.05) is 11.6 Å². The number of rotatable bonds is 2. The van der Waals surface area contributed by atoms with Crippen molar-refractivity contribution < 1.29 is 5.21 Å². The predicted octanol–water partition coefficient (Wildman–Crippen LogP) is 1.18. The lowest BCUT2D eigenvalue weighted by Crippen LogP contribution is -2.12. The van der Waals surface area contributed by atoms with E-state index in [1.807, 2.05) is 12.3 Å². The molecule has 0 fully saturated rings. The van der Waals surface area contributed by atoms with Crippen LogP contribution in [-0.4, -0.2) is 10.2 Å². The van der Waals surface area contributed by atoms with Crippen molar-refractivity contribution in [1.29, 1.82) is 0 Å². The molecule has 4 heteroatoms. The molecule has 9 heavy (non-hydrogen) atoms. The molecule has 1 aromatic heterocycles. The molecule has 3 nitrogen and oxygen atoms in total. The first-order valence-electron chi connectivity index (χ1n) is 2.63. The molecule has 0 aliphatic carbocycles. The normalized spacial score (nSPS) is 13.6. The fourth-order valence-corrected chi connectivity index (χ4v) is 1.14. The molecule has 0 spiro atoms. The molecular formula is C5H8N2OS. The Hall–Kier alpha value is -0.450. The Morgan fingerprint density at radius 3 is 3.11 bits per heavy atom. The van der Waals surface area contributed by atoms with Crippen molar-refractivity contribution in [2.75, 3.05) is 0 Å². The second kappa shape index (κ2) is 2.91. The Balaban J connectivity index is 2.65. The average Bonchev–Trinajstić information content (AvgIpc) is 2.37. The van der Waals surface area contributed by atoms with Gasteiger partial charge < -0.3 is 5.21 Å². The molecule has 1 rings (SSSR count). The molecule has 0 radical (unpaired) electrons. The van der Waals surface area contributed by atoms with Gasteiger partial charge in [0.1, 0.15) is 5.01 Å². The van der Waals surface area contributed by atoms with Gasteiger partial charge >= 0.3 is 0 Å². The zero-order chi connectivity index (χ0) is 6.69. The van der Waals surface area contributed by atoms with Gasteiger partial charge in [-0.25, -0.2) is 4.98 Å². The van der Waals surface area contributed by atoms with Gasteiger partial charge in [0.05, 0.1) is 6.04 Å². The van der Waals surface area contributed by atoms with E-state index in [1.54, 1.807) is 6.20 Å². The number of aromatic nitrogens is 1. The number of nitrogens with zero attached hydrogens (tertiary/aromatic N) is 1. The maximum Gasteiger partial charge on any atom is 0.112 e. The minimum absolute atomic E-state index is 0.0509. The number of hydrogen-bond donors (Lipinski definition) is 2. The van der Waals surface area contributed by atoms with Crippen molar-refractivity contribution in [3.63, 3.8) is 0 Å². The molecule has 0 aliphatic heterocycles. The monoisotopic (exact) mass is 144 g/mol. The molecule has 1 aromatic rings. The summed E-state index contributed by atoms with van der Waals surface area (Å²) >= 11 is 1.52. The first kappa shape index (κ1) is 6.67. The third-order valence-electron chi connectivity index (χ3n) is 1.02. The van der Waals surface area contributed by atoms with Crippen LogP contribution in [0.4, 0.5) is 0 Å². The highest BCUT2D eigenvalue weighted by Gasteiger charge is 2.03. The van der Waals surface area contributed by atoms with E-state index in [-0.39, 0.29) is 6.04 Å². The zero-order valence-corrected chi connectivity index (χ0v) is 5.85. The van der Waals surface area contributed by atoms with Crippen molar-refractivity contribution in [3.05, 3.63) is 16.6 Å². The summed E-state index contributed by atoms with van der Waals surface area (Å²) < 4.78 is 0. The van der Waals surface area contributed by atoms with Crippen LogP contribution in [0.25, 0.3) is 0 Å². The van der Waals surface area contributed by atoms with Crippen LogP contribution in [0, 0.1) is 0 Å². The third kappa shape index (κ3) is 1.48. The smallest absolute Gasteiger partial charge is 0.112 e. The highest BCUT2D eigenvalue weighted by Crippen LogP contribution is 2.12. The lowest BCUT2D eigenvalue weighted by molar-refractivity contribution is 0.133. The summed E-state index contributed by atoms with van der Waals surface area (Å²) in [5.74, 6) is 0. The van der Waals surface area contributed by atoms with Crippen LogP contribution in [0.3, 0.4) is 0 Å². The summed E-state index contributed by atoms with van der Waals surface area (Å²) in [5.41, 5.74) is 2.12. The molecule has 1 heterocycles. The van der Waals surface area contributed by atoms with Crippen LogP contribution in [0.2, 0.25) is 0 Å². The lowest BCUT2D eigenvalue weighted by atomic mass is 10.4. The lowest BCUT2D eigenvalue weighted by Gasteiger charge is -2.01. The van der Waals surface area contributed by atoms with Gasteiger partial charge in [-0.1, -0.05) is 0 Å². The fraction of sp³-hybridized carbons (Fsp3) is 0.400. The van der Waals surface area contributed by atoms with Crippen molar-refractivity contribution >= 4 is 11.3 Å². The topological polar surface area (TPSA) is 45.1 Å². The van der Waals surface area contributed by atoms with Gasteiger partial charge in [0.15, 0.2) is 0 Å². The van der Waals surface area contributed by atoms with Gasteiger partial charge in [-0.15, -0.1) is 11.3 Å². The van der Waals surface area contributed by atoms with Gasteiger partial charge in [-0.2, -0.15) is 5.48 Å². The first-order chi connectivity index (χ1) is 4.34. The standard InChI is InChI=1S/C5H8N2OS/c1-4(7-8)5-6-2-3-9-5/h2-4,7-8H,1H3. The number of hydroxylamine groups is 1. The molecule has 1 unspecified atom stereocenters.